The Morgan fingerprint density at radius 2 is 2.07 bits per heavy atom. The molecule has 0 saturated carbocycles. The number of aromatic amines is 1. The Labute approximate surface area is 156 Å². The molecule has 3 N–H and O–H groups in total. The second-order valence-corrected chi connectivity index (χ2v) is 6.26. The van der Waals surface area contributed by atoms with Crippen LogP contribution in [0.1, 0.15) is 29.8 Å². The average molecular weight is 376 g/mol. The van der Waals surface area contributed by atoms with E-state index in [1.54, 1.807) is 12.3 Å². The van der Waals surface area contributed by atoms with Gasteiger partial charge in [-0.2, -0.15) is 0 Å². The van der Waals surface area contributed by atoms with Gasteiger partial charge in [0, 0.05) is 30.2 Å². The number of fused-ring (bicyclic) bond motifs is 1. The largest absolute Gasteiger partial charge is 0.483 e. The summed E-state index contributed by atoms with van der Waals surface area (Å²) in [5.41, 5.74) is 1.11. The van der Waals surface area contributed by atoms with E-state index in [1.807, 2.05) is 19.2 Å². The van der Waals surface area contributed by atoms with Crippen LogP contribution in [-0.4, -0.2) is 71.1 Å². The zero-order chi connectivity index (χ0) is 19.8. The summed E-state index contributed by atoms with van der Waals surface area (Å²) in [7, 11) is 3.39. The lowest BCUT2D eigenvalue weighted by atomic mass is 10.1. The van der Waals surface area contributed by atoms with Crippen molar-refractivity contribution in [3.05, 3.63) is 30.1 Å². The highest BCUT2D eigenvalue weighted by Crippen LogP contribution is 2.24. The summed E-state index contributed by atoms with van der Waals surface area (Å²) in [5, 5.41) is 10.8. The molecular weight excluding hydrogens is 352 g/mol. The number of likely N-dealkylation sites (N-methyl/N-ethyl adjacent to an activating group) is 1. The monoisotopic (exact) mass is 376 g/mol. The highest BCUT2D eigenvalue weighted by atomic mass is 16.5. The molecule has 1 amide bonds. The third-order valence-electron chi connectivity index (χ3n) is 4.76. The van der Waals surface area contributed by atoms with Crippen LogP contribution in [0.5, 0.6) is 0 Å². The minimum atomic E-state index is -0.250. The minimum absolute atomic E-state index is 0.174. The Morgan fingerprint density at radius 1 is 1.37 bits per heavy atom. The van der Waals surface area contributed by atoms with E-state index in [0.29, 0.717) is 24.3 Å². The van der Waals surface area contributed by atoms with Crippen molar-refractivity contribution in [3.63, 3.8) is 0 Å². The number of esters is 1. The van der Waals surface area contributed by atoms with Crippen molar-refractivity contribution in [1.82, 2.24) is 20.2 Å². The van der Waals surface area contributed by atoms with E-state index in [1.165, 1.54) is 7.11 Å². The number of likely N-dealkylation sites (tertiary alicyclic amines) is 1. The van der Waals surface area contributed by atoms with Gasteiger partial charge in [0.15, 0.2) is 0 Å². The Hall–Kier alpha value is -2.94. The molecule has 1 saturated heterocycles. The molecule has 0 aliphatic carbocycles. The van der Waals surface area contributed by atoms with Crippen LogP contribution in [0.4, 0.5) is 0 Å². The number of carbonyl (C=O) groups is 3. The van der Waals surface area contributed by atoms with Gasteiger partial charge in [0.05, 0.1) is 13.5 Å². The van der Waals surface area contributed by atoms with Crippen molar-refractivity contribution >= 4 is 29.4 Å². The van der Waals surface area contributed by atoms with Gasteiger partial charge in [0.1, 0.15) is 11.3 Å². The lowest BCUT2D eigenvalue weighted by Crippen LogP contribution is -2.41. The number of carboxylic acid groups (broad SMARTS) is 1. The molecule has 2 atom stereocenters. The van der Waals surface area contributed by atoms with E-state index in [2.05, 4.69) is 20.2 Å². The predicted octanol–water partition coefficient (Wildman–Crippen LogP) is 1.02. The second kappa shape index (κ2) is 9.67. The molecule has 0 aromatic carbocycles. The quantitative estimate of drug-likeness (QED) is 0.525. The number of ether oxygens (including phenoxy) is 1. The van der Waals surface area contributed by atoms with Gasteiger partial charge >= 0.3 is 5.97 Å². The summed E-state index contributed by atoms with van der Waals surface area (Å²) in [6.45, 7) is 0.289. The van der Waals surface area contributed by atoms with Gasteiger partial charge in [0.2, 0.25) is 0 Å². The first-order chi connectivity index (χ1) is 13.0. The number of nitrogens with one attached hydrogen (secondary N) is 2. The summed E-state index contributed by atoms with van der Waals surface area (Å²) >= 11 is 0. The van der Waals surface area contributed by atoms with Crippen molar-refractivity contribution < 1.29 is 24.2 Å². The van der Waals surface area contributed by atoms with Crippen LogP contribution in [0.2, 0.25) is 0 Å². The first-order valence-corrected chi connectivity index (χ1v) is 8.59. The Morgan fingerprint density at radius 3 is 2.78 bits per heavy atom. The number of pyridine rings is 1. The Balaban J connectivity index is 0.000000817. The predicted molar refractivity (Wildman–Crippen MR) is 98.3 cm³/mol. The van der Waals surface area contributed by atoms with Gasteiger partial charge < -0.3 is 20.1 Å². The standard InChI is InChI=1S/C17H22N4O3.CH2O2/c1-21-12(9-15(22)24-2)4-5-13(21)10-19-17(23)14-6-3-11-7-8-18-16(11)20-14;2-1-3/h3,6-8,12-13H,4-5,9-10H2,1-2H3,(H,18,20)(H,19,23);1H,(H,2,3)/t12-,13+;/m1./s1. The molecular formula is C18H24N4O5. The fourth-order valence-electron chi connectivity index (χ4n) is 3.22. The molecule has 0 spiro atoms. The first-order valence-electron chi connectivity index (χ1n) is 8.59. The van der Waals surface area contributed by atoms with E-state index in [4.69, 9.17) is 14.6 Å². The molecule has 0 bridgehead atoms. The molecule has 2 aromatic rings. The highest BCUT2D eigenvalue weighted by molar-refractivity contribution is 5.94. The van der Waals surface area contributed by atoms with Crippen molar-refractivity contribution in [3.8, 4) is 0 Å². The lowest BCUT2D eigenvalue weighted by molar-refractivity contribution is -0.141. The highest BCUT2D eigenvalue weighted by Gasteiger charge is 2.32. The van der Waals surface area contributed by atoms with Crippen molar-refractivity contribution in [2.45, 2.75) is 31.3 Å². The second-order valence-electron chi connectivity index (χ2n) is 6.26. The van der Waals surface area contributed by atoms with Gasteiger partial charge in [-0.25, -0.2) is 4.98 Å². The summed E-state index contributed by atoms with van der Waals surface area (Å²) in [5.74, 6) is -0.378. The van der Waals surface area contributed by atoms with Crippen LogP contribution in [-0.2, 0) is 14.3 Å². The zero-order valence-electron chi connectivity index (χ0n) is 15.3. The molecule has 0 unspecified atom stereocenters. The van der Waals surface area contributed by atoms with Crippen molar-refractivity contribution in [1.29, 1.82) is 0 Å². The first kappa shape index (κ1) is 20.4. The maximum Gasteiger partial charge on any atom is 0.307 e. The smallest absolute Gasteiger partial charge is 0.307 e. The minimum Gasteiger partial charge on any atom is -0.483 e. The number of nitrogens with zero attached hydrogens (tertiary/aromatic N) is 2. The average Bonchev–Trinajstić information content (AvgIpc) is 3.27. The van der Waals surface area contributed by atoms with Gasteiger partial charge in [0.25, 0.3) is 12.4 Å². The van der Waals surface area contributed by atoms with Gasteiger partial charge in [-0.3, -0.25) is 19.3 Å². The zero-order valence-corrected chi connectivity index (χ0v) is 15.3. The Kier molecular flexibility index (Phi) is 7.30. The van der Waals surface area contributed by atoms with Crippen LogP contribution >= 0.6 is 0 Å². The summed E-state index contributed by atoms with van der Waals surface area (Å²) in [6, 6.07) is 5.91. The summed E-state index contributed by atoms with van der Waals surface area (Å²) < 4.78 is 4.73. The maximum absolute atomic E-state index is 12.3. The molecule has 0 radical (unpaired) electrons. The fourth-order valence-corrected chi connectivity index (χ4v) is 3.22. The fraction of sp³-hybridized carbons (Fsp3) is 0.444. The summed E-state index contributed by atoms with van der Waals surface area (Å²) in [4.78, 5) is 41.6. The van der Waals surface area contributed by atoms with Gasteiger partial charge in [-0.15, -0.1) is 0 Å². The number of aromatic nitrogens is 2. The Bertz CT molecular complexity index is 791. The molecule has 3 rings (SSSR count). The van der Waals surface area contributed by atoms with E-state index in [-0.39, 0.29) is 30.4 Å². The lowest BCUT2D eigenvalue weighted by Gasteiger charge is -2.25. The van der Waals surface area contributed by atoms with Crippen molar-refractivity contribution in [2.75, 3.05) is 20.7 Å². The normalized spacial score (nSPS) is 19.2. The molecule has 27 heavy (non-hydrogen) atoms. The molecule has 1 aliphatic rings. The van der Waals surface area contributed by atoms with E-state index >= 15 is 0 Å². The molecule has 9 nitrogen and oxygen atoms in total. The number of H-pyrrole nitrogens is 1. The number of amides is 1. The number of carbonyl (C=O) groups excluding carboxylic acids is 2. The van der Waals surface area contributed by atoms with E-state index in [0.717, 1.165) is 18.2 Å². The van der Waals surface area contributed by atoms with Crippen molar-refractivity contribution in [2.24, 2.45) is 0 Å². The van der Waals surface area contributed by atoms with E-state index in [9.17, 15) is 9.59 Å². The molecule has 146 valence electrons. The van der Waals surface area contributed by atoms with Crippen LogP contribution in [0.15, 0.2) is 24.4 Å². The molecule has 2 aromatic heterocycles. The van der Waals surface area contributed by atoms with Gasteiger partial charge in [-0.05, 0) is 38.1 Å². The molecule has 9 heteroatoms. The molecule has 3 heterocycles. The third-order valence-corrected chi connectivity index (χ3v) is 4.76. The molecule has 1 fully saturated rings. The maximum atomic E-state index is 12.3. The van der Waals surface area contributed by atoms with Crippen LogP contribution in [0.25, 0.3) is 11.0 Å². The third kappa shape index (κ3) is 5.27. The van der Waals surface area contributed by atoms with Gasteiger partial charge in [-0.1, -0.05) is 0 Å². The number of methoxy groups -OCH3 is 1. The number of hydrogen-bond acceptors (Lipinski definition) is 6. The topological polar surface area (TPSA) is 125 Å². The van der Waals surface area contributed by atoms with E-state index < -0.39 is 0 Å². The number of rotatable bonds is 5. The van der Waals surface area contributed by atoms with Crippen LogP contribution in [0.3, 0.4) is 0 Å². The number of hydrogen-bond donors (Lipinski definition) is 3. The SMILES string of the molecule is COC(=O)C[C@H]1CC[C@@H](CNC(=O)c2ccc3cc[nH]c3n2)N1C.O=CO. The molecule has 1 aliphatic heterocycles. The van der Waals surface area contributed by atoms with Crippen LogP contribution in [0, 0.1) is 0 Å². The van der Waals surface area contributed by atoms with Crippen LogP contribution < -0.4 is 5.32 Å². The summed E-state index contributed by atoms with van der Waals surface area (Å²) in [6.07, 6.45) is 4.07.